The summed E-state index contributed by atoms with van der Waals surface area (Å²) in [5.74, 6) is 0. The Balaban J connectivity index is 2.00. The molecule has 2 aromatic carbocycles. The number of carbonyl (C=O) groups is 1. The highest BCUT2D eigenvalue weighted by Crippen LogP contribution is 2.46. The van der Waals surface area contributed by atoms with Crippen molar-refractivity contribution in [1.29, 1.82) is 5.26 Å². The van der Waals surface area contributed by atoms with Crippen LogP contribution in [-0.2, 0) is 5.54 Å². The molecule has 2 heterocycles. The third-order valence-electron chi connectivity index (χ3n) is 4.47. The van der Waals surface area contributed by atoms with E-state index in [0.717, 1.165) is 11.1 Å². The number of nitrogens with zero attached hydrogens (tertiary/aromatic N) is 3. The summed E-state index contributed by atoms with van der Waals surface area (Å²) in [6.45, 7) is 1.83. The summed E-state index contributed by atoms with van der Waals surface area (Å²) in [4.78, 5) is 16.4. The first-order chi connectivity index (χ1) is 11.6. The Morgan fingerprint density at radius 1 is 1.08 bits per heavy atom. The lowest BCUT2D eigenvalue weighted by Gasteiger charge is -2.35. The number of nitriles is 1. The van der Waals surface area contributed by atoms with Crippen molar-refractivity contribution < 1.29 is 4.79 Å². The van der Waals surface area contributed by atoms with Gasteiger partial charge in [0.1, 0.15) is 11.1 Å². The van der Waals surface area contributed by atoms with Gasteiger partial charge in [-0.15, -0.1) is 0 Å². The zero-order valence-electron chi connectivity index (χ0n) is 12.9. The molecule has 1 atom stereocenters. The molecule has 0 spiro atoms. The number of anilines is 1. The molecule has 0 aliphatic carbocycles. The standard InChI is InChI=1S/C19H13N3OS/c1-13-11-14-7-5-6-10-16(14)19(12-20)17(24)21(18(23)22(13)19)15-8-3-2-4-9-15/h2-11H,1H3/t19-/m1/s1. The van der Waals surface area contributed by atoms with Crippen LogP contribution in [0.15, 0.2) is 60.3 Å². The minimum Gasteiger partial charge on any atom is -0.268 e. The highest BCUT2D eigenvalue weighted by molar-refractivity contribution is 7.81. The molecule has 0 aromatic heterocycles. The van der Waals surface area contributed by atoms with Gasteiger partial charge in [-0.2, -0.15) is 5.26 Å². The Kier molecular flexibility index (Phi) is 3.05. The minimum atomic E-state index is -1.28. The van der Waals surface area contributed by atoms with E-state index in [1.54, 1.807) is 0 Å². The number of carbonyl (C=O) groups excluding carboxylic acids is 1. The topological polar surface area (TPSA) is 47.3 Å². The minimum absolute atomic E-state index is 0.293. The van der Waals surface area contributed by atoms with Crippen LogP contribution in [0, 0.1) is 11.3 Å². The van der Waals surface area contributed by atoms with Gasteiger partial charge in [0.05, 0.1) is 5.69 Å². The van der Waals surface area contributed by atoms with Crippen LogP contribution >= 0.6 is 12.2 Å². The van der Waals surface area contributed by atoms with Crippen molar-refractivity contribution in [2.45, 2.75) is 12.5 Å². The van der Waals surface area contributed by atoms with Crippen LogP contribution in [0.2, 0.25) is 0 Å². The van der Waals surface area contributed by atoms with Gasteiger partial charge in [-0.25, -0.2) is 4.79 Å². The molecular formula is C19H13N3OS. The zero-order valence-corrected chi connectivity index (χ0v) is 13.7. The monoisotopic (exact) mass is 331 g/mol. The van der Waals surface area contributed by atoms with Gasteiger partial charge in [0.25, 0.3) is 0 Å². The van der Waals surface area contributed by atoms with Crippen molar-refractivity contribution in [1.82, 2.24) is 4.90 Å². The second kappa shape index (κ2) is 5.02. The first kappa shape index (κ1) is 14.6. The molecule has 0 radical (unpaired) electrons. The summed E-state index contributed by atoms with van der Waals surface area (Å²) in [7, 11) is 0. The Hall–Kier alpha value is -2.97. The fraction of sp³-hybridized carbons (Fsp3) is 0.105. The summed E-state index contributed by atoms with van der Waals surface area (Å²) in [6, 6.07) is 18.8. The predicted molar refractivity (Wildman–Crippen MR) is 96.1 cm³/mol. The summed E-state index contributed by atoms with van der Waals surface area (Å²) in [5, 5.41) is 10.1. The van der Waals surface area contributed by atoms with Crippen molar-refractivity contribution in [2.75, 3.05) is 4.90 Å². The molecule has 24 heavy (non-hydrogen) atoms. The maximum atomic E-state index is 13.1. The van der Waals surface area contributed by atoms with Crippen LogP contribution in [0.5, 0.6) is 0 Å². The average molecular weight is 331 g/mol. The lowest BCUT2D eigenvalue weighted by molar-refractivity contribution is 0.212. The van der Waals surface area contributed by atoms with Gasteiger partial charge in [-0.05, 0) is 30.7 Å². The molecular weight excluding hydrogens is 318 g/mol. The Labute approximate surface area is 145 Å². The molecule has 5 heteroatoms. The molecule has 4 nitrogen and oxygen atoms in total. The number of allylic oxidation sites excluding steroid dienone is 1. The molecule has 0 saturated carbocycles. The van der Waals surface area contributed by atoms with Gasteiger partial charge in [-0.1, -0.05) is 54.7 Å². The second-order valence-electron chi connectivity index (χ2n) is 5.79. The number of urea groups is 1. The zero-order chi connectivity index (χ0) is 16.9. The van der Waals surface area contributed by atoms with E-state index in [4.69, 9.17) is 12.2 Å². The number of hydrogen-bond acceptors (Lipinski definition) is 3. The van der Waals surface area contributed by atoms with E-state index in [1.165, 1.54) is 9.80 Å². The van der Waals surface area contributed by atoms with Gasteiger partial charge >= 0.3 is 6.03 Å². The smallest absolute Gasteiger partial charge is 0.268 e. The largest absolute Gasteiger partial charge is 0.335 e. The van der Waals surface area contributed by atoms with Crippen LogP contribution in [0.3, 0.4) is 0 Å². The molecule has 116 valence electrons. The van der Waals surface area contributed by atoms with Crippen LogP contribution in [0.1, 0.15) is 18.1 Å². The molecule has 2 amide bonds. The fourth-order valence-electron chi connectivity index (χ4n) is 3.44. The highest BCUT2D eigenvalue weighted by Gasteiger charge is 2.59. The van der Waals surface area contributed by atoms with Crippen molar-refractivity contribution in [2.24, 2.45) is 0 Å². The van der Waals surface area contributed by atoms with E-state index in [-0.39, 0.29) is 6.03 Å². The summed E-state index contributed by atoms with van der Waals surface area (Å²) >= 11 is 5.65. The highest BCUT2D eigenvalue weighted by atomic mass is 32.1. The number of rotatable bonds is 1. The molecule has 4 rings (SSSR count). The summed E-state index contributed by atoms with van der Waals surface area (Å²) in [6.07, 6.45) is 1.92. The van der Waals surface area contributed by atoms with Crippen molar-refractivity contribution >= 4 is 35.0 Å². The normalized spacial score (nSPS) is 21.9. The first-order valence-electron chi connectivity index (χ1n) is 7.54. The Bertz CT molecular complexity index is 945. The van der Waals surface area contributed by atoms with E-state index in [1.807, 2.05) is 67.6 Å². The van der Waals surface area contributed by atoms with Gasteiger partial charge < -0.3 is 0 Å². The number of fused-ring (bicyclic) bond motifs is 3. The molecule has 1 saturated heterocycles. The lowest BCUT2D eigenvalue weighted by Crippen LogP contribution is -2.46. The molecule has 0 unspecified atom stereocenters. The Morgan fingerprint density at radius 3 is 2.46 bits per heavy atom. The van der Waals surface area contributed by atoms with Crippen LogP contribution in [0.25, 0.3) is 6.08 Å². The van der Waals surface area contributed by atoms with Crippen LogP contribution in [0.4, 0.5) is 10.5 Å². The van der Waals surface area contributed by atoms with Crippen LogP contribution in [-0.4, -0.2) is 15.9 Å². The van der Waals surface area contributed by atoms with Crippen molar-refractivity contribution in [3.63, 3.8) is 0 Å². The summed E-state index contributed by atoms with van der Waals surface area (Å²) < 4.78 is 0. The third-order valence-corrected chi connectivity index (χ3v) is 4.95. The predicted octanol–water partition coefficient (Wildman–Crippen LogP) is 4.05. The van der Waals surface area contributed by atoms with E-state index < -0.39 is 5.54 Å². The quantitative estimate of drug-likeness (QED) is 0.741. The average Bonchev–Trinajstić information content (AvgIpc) is 2.84. The number of hydrogen-bond donors (Lipinski definition) is 0. The number of amides is 2. The van der Waals surface area contributed by atoms with E-state index in [0.29, 0.717) is 16.4 Å². The van der Waals surface area contributed by atoms with Crippen molar-refractivity contribution in [3.05, 3.63) is 71.4 Å². The van der Waals surface area contributed by atoms with E-state index >= 15 is 0 Å². The van der Waals surface area contributed by atoms with Gasteiger partial charge in [0.2, 0.25) is 5.54 Å². The van der Waals surface area contributed by atoms with Crippen molar-refractivity contribution in [3.8, 4) is 6.07 Å². The molecule has 2 aromatic rings. The molecule has 1 fully saturated rings. The maximum Gasteiger partial charge on any atom is 0.335 e. The molecule has 2 aliphatic rings. The van der Waals surface area contributed by atoms with Gasteiger partial charge in [0, 0.05) is 11.3 Å². The maximum absolute atomic E-state index is 13.1. The van der Waals surface area contributed by atoms with Gasteiger partial charge in [0.15, 0.2) is 0 Å². The number of thiocarbonyl (C=S) groups is 1. The SMILES string of the molecule is CC1=Cc2ccccc2[C@]2(C#N)C(=S)N(c3ccccc3)C(=O)N12. The third kappa shape index (κ3) is 1.66. The molecule has 0 N–H and O–H groups in total. The first-order valence-corrected chi connectivity index (χ1v) is 7.95. The second-order valence-corrected chi connectivity index (χ2v) is 6.18. The lowest BCUT2D eigenvalue weighted by atomic mass is 9.83. The fourth-order valence-corrected chi connectivity index (χ4v) is 3.87. The number of para-hydroxylation sites is 1. The Morgan fingerprint density at radius 2 is 1.75 bits per heavy atom. The van der Waals surface area contributed by atoms with E-state index in [9.17, 15) is 10.1 Å². The summed E-state index contributed by atoms with van der Waals surface area (Å²) in [5.41, 5.74) is 1.76. The van der Waals surface area contributed by atoms with Crippen LogP contribution < -0.4 is 4.90 Å². The number of benzene rings is 2. The van der Waals surface area contributed by atoms with Gasteiger partial charge in [-0.3, -0.25) is 9.80 Å². The van der Waals surface area contributed by atoms with E-state index in [2.05, 4.69) is 6.07 Å². The molecule has 0 bridgehead atoms. The molecule has 2 aliphatic heterocycles.